The Morgan fingerprint density at radius 1 is 0.933 bits per heavy atom. The number of benzene rings is 3. The molecule has 0 unspecified atom stereocenters. The van der Waals surface area contributed by atoms with Gasteiger partial charge in [-0.1, -0.05) is 64.0 Å². The van der Waals surface area contributed by atoms with Gasteiger partial charge in [-0.25, -0.2) is 8.42 Å². The molecule has 0 aliphatic heterocycles. The highest BCUT2D eigenvalue weighted by Crippen LogP contribution is 2.33. The van der Waals surface area contributed by atoms with Gasteiger partial charge in [-0.05, 0) is 48.9 Å². The topological polar surface area (TPSA) is 72.2 Å². The minimum atomic E-state index is -3.87. The van der Waals surface area contributed by atoms with Gasteiger partial charge in [0.1, 0.15) is 0 Å². The SMILES string of the molecule is Cc1ccc(CNc2oc(-c3ccccc3)nc2S(=O)(=O)c2ccc(Br)cc2)cc1. The zero-order chi connectivity index (χ0) is 21.1. The average Bonchev–Trinajstić information content (AvgIpc) is 3.20. The van der Waals surface area contributed by atoms with Crippen LogP contribution in [0, 0.1) is 6.92 Å². The van der Waals surface area contributed by atoms with Gasteiger partial charge in [0.25, 0.3) is 0 Å². The third-order valence-electron chi connectivity index (χ3n) is 4.57. The maximum absolute atomic E-state index is 13.3. The minimum absolute atomic E-state index is 0.123. The Morgan fingerprint density at radius 3 is 2.27 bits per heavy atom. The van der Waals surface area contributed by atoms with E-state index in [0.29, 0.717) is 12.1 Å². The third-order valence-corrected chi connectivity index (χ3v) is 6.78. The molecule has 0 amide bonds. The summed E-state index contributed by atoms with van der Waals surface area (Å²) in [6.45, 7) is 2.43. The summed E-state index contributed by atoms with van der Waals surface area (Å²) in [4.78, 5) is 4.50. The Morgan fingerprint density at radius 2 is 1.60 bits per heavy atom. The van der Waals surface area contributed by atoms with Crippen molar-refractivity contribution in [2.75, 3.05) is 5.32 Å². The number of sulfone groups is 1. The molecule has 0 spiro atoms. The van der Waals surface area contributed by atoms with E-state index in [2.05, 4.69) is 26.2 Å². The zero-order valence-electron chi connectivity index (χ0n) is 16.2. The molecule has 0 fully saturated rings. The molecule has 30 heavy (non-hydrogen) atoms. The second-order valence-electron chi connectivity index (χ2n) is 6.82. The molecule has 0 radical (unpaired) electrons. The molecule has 0 bridgehead atoms. The standard InChI is InChI=1S/C23H19BrN2O3S/c1-16-7-9-17(10-8-16)15-25-22-23(26-21(29-22)18-5-3-2-4-6-18)30(27,28)20-13-11-19(24)12-14-20/h2-14,25H,15H2,1H3. The molecular formula is C23H19BrN2O3S. The first kappa shape index (κ1) is 20.4. The van der Waals surface area contributed by atoms with Crippen LogP contribution in [0.2, 0.25) is 0 Å². The second kappa shape index (κ2) is 8.45. The van der Waals surface area contributed by atoms with Gasteiger partial charge in [0.15, 0.2) is 0 Å². The van der Waals surface area contributed by atoms with Gasteiger partial charge in [0, 0.05) is 16.6 Å². The number of aromatic nitrogens is 1. The molecule has 1 aromatic heterocycles. The lowest BCUT2D eigenvalue weighted by atomic mass is 10.1. The number of hydrogen-bond donors (Lipinski definition) is 1. The Bertz CT molecular complexity index is 1250. The molecule has 1 heterocycles. The largest absolute Gasteiger partial charge is 0.419 e. The molecule has 7 heteroatoms. The lowest BCUT2D eigenvalue weighted by Gasteiger charge is -2.07. The van der Waals surface area contributed by atoms with Crippen LogP contribution in [0.3, 0.4) is 0 Å². The third kappa shape index (κ3) is 4.32. The van der Waals surface area contributed by atoms with Crippen molar-refractivity contribution in [3.8, 4) is 11.5 Å². The van der Waals surface area contributed by atoms with Crippen molar-refractivity contribution in [3.63, 3.8) is 0 Å². The van der Waals surface area contributed by atoms with E-state index in [4.69, 9.17) is 4.42 Å². The summed E-state index contributed by atoms with van der Waals surface area (Å²) in [5, 5.41) is 2.98. The van der Waals surface area contributed by atoms with Crippen molar-refractivity contribution in [2.24, 2.45) is 0 Å². The van der Waals surface area contributed by atoms with Gasteiger partial charge in [-0.2, -0.15) is 4.98 Å². The van der Waals surface area contributed by atoms with E-state index in [1.54, 1.807) is 24.3 Å². The maximum atomic E-state index is 13.3. The fourth-order valence-corrected chi connectivity index (χ4v) is 4.46. The summed E-state index contributed by atoms with van der Waals surface area (Å²) >= 11 is 3.33. The van der Waals surface area contributed by atoms with E-state index in [1.165, 1.54) is 0 Å². The number of halogens is 1. The smallest absolute Gasteiger partial charge is 0.234 e. The first-order chi connectivity index (χ1) is 14.4. The molecule has 1 N–H and O–H groups in total. The quantitative estimate of drug-likeness (QED) is 0.372. The molecule has 4 rings (SSSR count). The van der Waals surface area contributed by atoms with Gasteiger partial charge < -0.3 is 9.73 Å². The van der Waals surface area contributed by atoms with Crippen LogP contribution in [-0.4, -0.2) is 13.4 Å². The number of anilines is 1. The van der Waals surface area contributed by atoms with E-state index < -0.39 is 9.84 Å². The monoisotopic (exact) mass is 482 g/mol. The van der Waals surface area contributed by atoms with Gasteiger partial charge in [0.2, 0.25) is 26.6 Å². The number of hydrogen-bond acceptors (Lipinski definition) is 5. The Balaban J connectivity index is 1.74. The van der Waals surface area contributed by atoms with Gasteiger partial charge in [-0.3, -0.25) is 0 Å². The lowest BCUT2D eigenvalue weighted by molar-refractivity contribution is 0.576. The Hall–Kier alpha value is -2.90. The van der Waals surface area contributed by atoms with Crippen molar-refractivity contribution < 1.29 is 12.8 Å². The first-order valence-corrected chi connectivity index (χ1v) is 11.6. The highest BCUT2D eigenvalue weighted by Gasteiger charge is 2.28. The first-order valence-electron chi connectivity index (χ1n) is 9.30. The molecule has 4 aromatic rings. The zero-order valence-corrected chi connectivity index (χ0v) is 18.6. The molecule has 0 saturated carbocycles. The predicted octanol–water partition coefficient (Wildman–Crippen LogP) is 5.86. The number of nitrogens with one attached hydrogen (secondary N) is 1. The van der Waals surface area contributed by atoms with Crippen LogP contribution in [-0.2, 0) is 16.4 Å². The van der Waals surface area contributed by atoms with Crippen LogP contribution in [0.4, 0.5) is 5.88 Å². The summed E-state index contributed by atoms with van der Waals surface area (Å²) in [6.07, 6.45) is 0. The van der Waals surface area contributed by atoms with Crippen LogP contribution in [0.1, 0.15) is 11.1 Å². The van der Waals surface area contributed by atoms with Gasteiger partial charge in [-0.15, -0.1) is 0 Å². The van der Waals surface area contributed by atoms with Crippen LogP contribution in [0.25, 0.3) is 11.5 Å². The Kier molecular flexibility index (Phi) is 5.74. The van der Waals surface area contributed by atoms with Gasteiger partial charge in [0.05, 0.1) is 4.90 Å². The summed E-state index contributed by atoms with van der Waals surface area (Å²) in [5.41, 5.74) is 2.86. The van der Waals surface area contributed by atoms with Crippen molar-refractivity contribution >= 4 is 31.7 Å². The highest BCUT2D eigenvalue weighted by atomic mass is 79.9. The van der Waals surface area contributed by atoms with Crippen LogP contribution < -0.4 is 5.32 Å². The lowest BCUT2D eigenvalue weighted by Crippen LogP contribution is -2.07. The summed E-state index contributed by atoms with van der Waals surface area (Å²) in [5.74, 6) is 0.370. The second-order valence-corrected chi connectivity index (χ2v) is 9.60. The molecule has 0 atom stereocenters. The Labute approximate surface area is 183 Å². The fraction of sp³-hybridized carbons (Fsp3) is 0.0870. The van der Waals surface area contributed by atoms with Crippen LogP contribution in [0.5, 0.6) is 0 Å². The number of oxazole rings is 1. The predicted molar refractivity (Wildman–Crippen MR) is 120 cm³/mol. The number of aryl methyl sites for hydroxylation is 1. The summed E-state index contributed by atoms with van der Waals surface area (Å²) < 4.78 is 33.2. The molecule has 3 aromatic carbocycles. The molecule has 152 valence electrons. The van der Waals surface area contributed by atoms with Crippen LogP contribution in [0.15, 0.2) is 97.7 Å². The number of nitrogens with zero attached hydrogens (tertiary/aromatic N) is 1. The highest BCUT2D eigenvalue weighted by molar-refractivity contribution is 9.10. The van der Waals surface area contributed by atoms with Crippen molar-refractivity contribution in [1.82, 2.24) is 4.98 Å². The van der Waals surface area contributed by atoms with Crippen molar-refractivity contribution in [2.45, 2.75) is 23.4 Å². The molecule has 0 aliphatic rings. The van der Waals surface area contributed by atoms with E-state index in [-0.39, 0.29) is 21.7 Å². The maximum Gasteiger partial charge on any atom is 0.234 e. The average molecular weight is 483 g/mol. The minimum Gasteiger partial charge on any atom is -0.419 e. The normalized spacial score (nSPS) is 11.4. The van der Waals surface area contributed by atoms with Crippen molar-refractivity contribution in [3.05, 3.63) is 94.5 Å². The van der Waals surface area contributed by atoms with Gasteiger partial charge >= 0.3 is 0 Å². The molecular weight excluding hydrogens is 464 g/mol. The van der Waals surface area contributed by atoms with E-state index in [9.17, 15) is 8.42 Å². The summed E-state index contributed by atoms with van der Waals surface area (Å²) in [7, 11) is -3.87. The van der Waals surface area contributed by atoms with E-state index in [0.717, 1.165) is 15.6 Å². The molecule has 0 aliphatic carbocycles. The van der Waals surface area contributed by atoms with E-state index in [1.807, 2.05) is 61.5 Å². The number of rotatable bonds is 6. The van der Waals surface area contributed by atoms with Crippen molar-refractivity contribution in [1.29, 1.82) is 0 Å². The summed E-state index contributed by atoms with van der Waals surface area (Å²) in [6, 6.07) is 23.7. The molecule has 5 nitrogen and oxygen atoms in total. The van der Waals surface area contributed by atoms with E-state index >= 15 is 0 Å². The van der Waals surface area contributed by atoms with Crippen LogP contribution >= 0.6 is 15.9 Å². The fourth-order valence-electron chi connectivity index (χ4n) is 2.92. The molecule has 0 saturated heterocycles.